The largest absolute Gasteiger partial charge is 0.0851 e. The lowest BCUT2D eigenvalue weighted by atomic mass is 9.69. The summed E-state index contributed by atoms with van der Waals surface area (Å²) in [6.45, 7) is 4.49. The van der Waals surface area contributed by atoms with Gasteiger partial charge in [0, 0.05) is 10.4 Å². The zero-order valence-corrected chi connectivity index (χ0v) is 12.2. The highest BCUT2D eigenvalue weighted by atomic mass is 35.5. The van der Waals surface area contributed by atoms with E-state index in [1.54, 1.807) is 0 Å². The Morgan fingerprint density at radius 3 is 2.22 bits per heavy atom. The van der Waals surface area contributed by atoms with Crippen LogP contribution in [0.2, 0.25) is 5.02 Å². The standard InChI is InChI=1S/C17H23Cl/c1-14(2)10-13-17(11-4-3-5-12-17)15-6-8-16(18)9-7-15/h6-10,13-14H,3-5,11-12H2,1-2H3/b13-10+. The number of rotatable bonds is 3. The van der Waals surface area contributed by atoms with Crippen LogP contribution in [0.15, 0.2) is 36.4 Å². The van der Waals surface area contributed by atoms with Gasteiger partial charge in [-0.25, -0.2) is 0 Å². The van der Waals surface area contributed by atoms with Crippen LogP contribution >= 0.6 is 11.6 Å². The quantitative estimate of drug-likeness (QED) is 0.608. The molecule has 0 aromatic heterocycles. The summed E-state index contributed by atoms with van der Waals surface area (Å²) < 4.78 is 0. The second-order valence-corrected chi connectivity index (χ2v) is 6.26. The van der Waals surface area contributed by atoms with Crippen LogP contribution in [0.25, 0.3) is 0 Å². The van der Waals surface area contributed by atoms with E-state index >= 15 is 0 Å². The maximum atomic E-state index is 6.01. The Balaban J connectivity index is 2.31. The van der Waals surface area contributed by atoms with E-state index in [0.717, 1.165) is 5.02 Å². The molecule has 0 saturated heterocycles. The van der Waals surface area contributed by atoms with Crippen molar-refractivity contribution >= 4 is 11.6 Å². The molecule has 1 heteroatoms. The first-order valence-corrected chi connectivity index (χ1v) is 7.46. The normalized spacial score (nSPS) is 19.6. The summed E-state index contributed by atoms with van der Waals surface area (Å²) in [7, 11) is 0. The number of allylic oxidation sites excluding steroid dienone is 2. The summed E-state index contributed by atoms with van der Waals surface area (Å²) in [5.74, 6) is 0.621. The van der Waals surface area contributed by atoms with Gasteiger partial charge in [0.25, 0.3) is 0 Å². The molecular weight excluding hydrogens is 240 g/mol. The van der Waals surface area contributed by atoms with E-state index in [2.05, 4.69) is 38.1 Å². The maximum Gasteiger partial charge on any atom is 0.0406 e. The predicted octanol–water partition coefficient (Wildman–Crippen LogP) is 5.75. The molecular formula is C17H23Cl. The van der Waals surface area contributed by atoms with Crippen molar-refractivity contribution in [3.8, 4) is 0 Å². The molecule has 1 fully saturated rings. The average molecular weight is 263 g/mol. The minimum Gasteiger partial charge on any atom is -0.0851 e. The van der Waals surface area contributed by atoms with Gasteiger partial charge >= 0.3 is 0 Å². The monoisotopic (exact) mass is 262 g/mol. The molecule has 0 unspecified atom stereocenters. The van der Waals surface area contributed by atoms with E-state index in [4.69, 9.17) is 11.6 Å². The van der Waals surface area contributed by atoms with Crippen molar-refractivity contribution in [1.82, 2.24) is 0 Å². The van der Waals surface area contributed by atoms with Gasteiger partial charge < -0.3 is 0 Å². The van der Waals surface area contributed by atoms with E-state index in [1.807, 2.05) is 12.1 Å². The molecule has 0 heterocycles. The van der Waals surface area contributed by atoms with Crippen molar-refractivity contribution in [3.05, 3.63) is 47.0 Å². The van der Waals surface area contributed by atoms with Gasteiger partial charge in [0.2, 0.25) is 0 Å². The SMILES string of the molecule is CC(C)/C=C/C1(c2ccc(Cl)cc2)CCCCC1. The Labute approximate surface area is 116 Å². The Kier molecular flexibility index (Phi) is 4.50. The first-order chi connectivity index (χ1) is 8.62. The molecule has 1 aliphatic rings. The molecule has 2 rings (SSSR count). The van der Waals surface area contributed by atoms with Crippen molar-refractivity contribution < 1.29 is 0 Å². The molecule has 0 bridgehead atoms. The van der Waals surface area contributed by atoms with Crippen molar-refractivity contribution in [3.63, 3.8) is 0 Å². The van der Waals surface area contributed by atoms with Gasteiger partial charge in [0.05, 0.1) is 0 Å². The zero-order chi connectivity index (χ0) is 13.0. The minimum absolute atomic E-state index is 0.257. The van der Waals surface area contributed by atoms with Gasteiger partial charge in [-0.3, -0.25) is 0 Å². The van der Waals surface area contributed by atoms with E-state index in [9.17, 15) is 0 Å². The number of hydrogen-bond donors (Lipinski definition) is 0. The van der Waals surface area contributed by atoms with Crippen LogP contribution in [0.3, 0.4) is 0 Å². The molecule has 1 aromatic carbocycles. The Hall–Kier alpha value is -0.750. The summed E-state index contributed by atoms with van der Waals surface area (Å²) in [6, 6.07) is 8.46. The van der Waals surface area contributed by atoms with Crippen LogP contribution in [0.4, 0.5) is 0 Å². The number of hydrogen-bond acceptors (Lipinski definition) is 0. The van der Waals surface area contributed by atoms with Gasteiger partial charge in [-0.1, -0.05) is 69.0 Å². The Morgan fingerprint density at radius 2 is 1.67 bits per heavy atom. The van der Waals surface area contributed by atoms with Crippen LogP contribution in [-0.2, 0) is 5.41 Å². The van der Waals surface area contributed by atoms with Gasteiger partial charge in [0.1, 0.15) is 0 Å². The summed E-state index contributed by atoms with van der Waals surface area (Å²) in [6.07, 6.45) is 11.4. The van der Waals surface area contributed by atoms with Crippen molar-refractivity contribution in [1.29, 1.82) is 0 Å². The molecule has 1 saturated carbocycles. The topological polar surface area (TPSA) is 0 Å². The van der Waals surface area contributed by atoms with Crippen LogP contribution in [-0.4, -0.2) is 0 Å². The average Bonchev–Trinajstić information content (AvgIpc) is 2.38. The van der Waals surface area contributed by atoms with Crippen LogP contribution in [0.1, 0.15) is 51.5 Å². The molecule has 0 N–H and O–H groups in total. The smallest absolute Gasteiger partial charge is 0.0406 e. The van der Waals surface area contributed by atoms with E-state index in [0.29, 0.717) is 5.92 Å². The molecule has 1 aliphatic carbocycles. The molecule has 18 heavy (non-hydrogen) atoms. The number of benzene rings is 1. The van der Waals surface area contributed by atoms with Crippen molar-refractivity contribution in [2.75, 3.05) is 0 Å². The molecule has 0 atom stereocenters. The third kappa shape index (κ3) is 3.17. The molecule has 98 valence electrons. The molecule has 0 spiro atoms. The van der Waals surface area contributed by atoms with Crippen molar-refractivity contribution in [2.45, 2.75) is 51.4 Å². The van der Waals surface area contributed by atoms with Crippen LogP contribution in [0, 0.1) is 5.92 Å². The Bertz CT molecular complexity index is 394. The molecule has 0 aliphatic heterocycles. The van der Waals surface area contributed by atoms with Crippen LogP contribution in [0.5, 0.6) is 0 Å². The molecule has 1 aromatic rings. The highest BCUT2D eigenvalue weighted by Crippen LogP contribution is 2.41. The highest BCUT2D eigenvalue weighted by Gasteiger charge is 2.31. The van der Waals surface area contributed by atoms with E-state index in [1.165, 1.54) is 37.7 Å². The van der Waals surface area contributed by atoms with Gasteiger partial charge in [-0.2, -0.15) is 0 Å². The Morgan fingerprint density at radius 1 is 1.06 bits per heavy atom. The molecule has 0 nitrogen and oxygen atoms in total. The second-order valence-electron chi connectivity index (χ2n) is 5.83. The number of halogens is 1. The third-order valence-electron chi connectivity index (χ3n) is 3.97. The summed E-state index contributed by atoms with van der Waals surface area (Å²) in [5, 5.41) is 0.831. The fraction of sp³-hybridized carbons (Fsp3) is 0.529. The second kappa shape index (κ2) is 5.93. The van der Waals surface area contributed by atoms with E-state index < -0.39 is 0 Å². The van der Waals surface area contributed by atoms with Gasteiger partial charge in [-0.15, -0.1) is 0 Å². The lowest BCUT2D eigenvalue weighted by Gasteiger charge is -2.35. The molecule has 0 amide bonds. The van der Waals surface area contributed by atoms with E-state index in [-0.39, 0.29) is 5.41 Å². The summed E-state index contributed by atoms with van der Waals surface area (Å²) >= 11 is 6.01. The first-order valence-electron chi connectivity index (χ1n) is 7.08. The summed E-state index contributed by atoms with van der Waals surface area (Å²) in [5.41, 5.74) is 1.69. The lowest BCUT2D eigenvalue weighted by molar-refractivity contribution is 0.356. The minimum atomic E-state index is 0.257. The highest BCUT2D eigenvalue weighted by molar-refractivity contribution is 6.30. The van der Waals surface area contributed by atoms with Gasteiger partial charge in [0.15, 0.2) is 0 Å². The third-order valence-corrected chi connectivity index (χ3v) is 4.22. The van der Waals surface area contributed by atoms with Crippen LogP contribution < -0.4 is 0 Å². The fourth-order valence-electron chi connectivity index (χ4n) is 2.89. The van der Waals surface area contributed by atoms with Crippen molar-refractivity contribution in [2.24, 2.45) is 5.92 Å². The molecule has 0 radical (unpaired) electrons. The maximum absolute atomic E-state index is 6.01. The summed E-state index contributed by atoms with van der Waals surface area (Å²) in [4.78, 5) is 0. The zero-order valence-electron chi connectivity index (χ0n) is 11.5. The fourth-order valence-corrected chi connectivity index (χ4v) is 3.02. The lowest BCUT2D eigenvalue weighted by Crippen LogP contribution is -2.26. The first kappa shape index (κ1) is 13.7. The predicted molar refractivity (Wildman–Crippen MR) is 80.2 cm³/mol. The van der Waals surface area contributed by atoms with Gasteiger partial charge in [-0.05, 0) is 36.5 Å².